The second-order valence-electron chi connectivity index (χ2n) is 5.40. The summed E-state index contributed by atoms with van der Waals surface area (Å²) in [5.74, 6) is 0. The van der Waals surface area contributed by atoms with Gasteiger partial charge in [-0.3, -0.25) is 4.68 Å². The zero-order valence-electron chi connectivity index (χ0n) is 12.5. The monoisotopic (exact) mass is 332 g/mol. The molecule has 0 saturated carbocycles. The molecule has 19 heavy (non-hydrogen) atoms. The Kier molecular flexibility index (Phi) is 6.02. The minimum absolute atomic E-state index is 0.309. The van der Waals surface area contributed by atoms with Crippen LogP contribution in [0.1, 0.15) is 45.5 Å². The number of aryl methyl sites for hydroxylation is 2. The molecular weight excluding hydrogens is 308 g/mol. The first-order chi connectivity index (χ1) is 8.84. The van der Waals surface area contributed by atoms with E-state index in [0.717, 1.165) is 28.8 Å². The molecule has 4 nitrogen and oxygen atoms in total. The zero-order chi connectivity index (χ0) is 14.6. The van der Waals surface area contributed by atoms with E-state index in [1.54, 1.807) is 7.11 Å². The molecule has 0 aromatic carbocycles. The molecule has 0 aliphatic rings. The number of ether oxygens (including phenoxy) is 1. The van der Waals surface area contributed by atoms with Crippen molar-refractivity contribution >= 4 is 15.9 Å². The van der Waals surface area contributed by atoms with E-state index in [2.05, 4.69) is 34.9 Å². The SMILES string of the molecule is CCc1nn(CC)c(CC(O)CC(C)(C)OC)c1Br. The van der Waals surface area contributed by atoms with Gasteiger partial charge in [-0.05, 0) is 43.1 Å². The Balaban J connectivity index is 2.84. The standard InChI is InChI=1S/C14H25BrN2O2/c1-6-11-13(15)12(17(7-2)16-11)8-10(18)9-14(3,4)19-5/h10,18H,6-9H2,1-5H3. The lowest BCUT2D eigenvalue weighted by atomic mass is 9.97. The first-order valence-corrected chi connectivity index (χ1v) is 7.61. The van der Waals surface area contributed by atoms with E-state index in [-0.39, 0.29) is 5.60 Å². The lowest BCUT2D eigenvalue weighted by Crippen LogP contribution is -2.30. The summed E-state index contributed by atoms with van der Waals surface area (Å²) in [6.45, 7) is 8.93. The lowest BCUT2D eigenvalue weighted by Gasteiger charge is -2.26. The van der Waals surface area contributed by atoms with E-state index in [4.69, 9.17) is 4.74 Å². The predicted octanol–water partition coefficient (Wildman–Crippen LogP) is 2.95. The maximum absolute atomic E-state index is 10.3. The fraction of sp³-hybridized carbons (Fsp3) is 0.786. The molecule has 1 rings (SSSR count). The molecule has 110 valence electrons. The molecule has 1 N–H and O–H groups in total. The van der Waals surface area contributed by atoms with Gasteiger partial charge in [0.1, 0.15) is 0 Å². The van der Waals surface area contributed by atoms with Crippen molar-refractivity contribution in [3.05, 3.63) is 15.9 Å². The summed E-state index contributed by atoms with van der Waals surface area (Å²) in [7, 11) is 1.67. The van der Waals surface area contributed by atoms with E-state index < -0.39 is 6.10 Å². The number of halogens is 1. The van der Waals surface area contributed by atoms with Gasteiger partial charge in [0.05, 0.1) is 27.6 Å². The van der Waals surface area contributed by atoms with Gasteiger partial charge >= 0.3 is 0 Å². The Labute approximate surface area is 124 Å². The molecule has 5 heteroatoms. The summed E-state index contributed by atoms with van der Waals surface area (Å²) < 4.78 is 8.36. The van der Waals surface area contributed by atoms with E-state index in [1.807, 2.05) is 18.5 Å². The molecule has 0 aliphatic carbocycles. The topological polar surface area (TPSA) is 47.3 Å². The number of methoxy groups -OCH3 is 1. The van der Waals surface area contributed by atoms with Gasteiger partial charge in [-0.2, -0.15) is 5.10 Å². The minimum atomic E-state index is -0.432. The van der Waals surface area contributed by atoms with Crippen molar-refractivity contribution in [3.8, 4) is 0 Å². The first kappa shape index (κ1) is 16.7. The molecule has 0 spiro atoms. The largest absolute Gasteiger partial charge is 0.393 e. The van der Waals surface area contributed by atoms with Crippen molar-refractivity contribution in [2.75, 3.05) is 7.11 Å². The van der Waals surface area contributed by atoms with Crippen LogP contribution in [0.4, 0.5) is 0 Å². The van der Waals surface area contributed by atoms with Crippen LogP contribution in [-0.4, -0.2) is 33.7 Å². The van der Waals surface area contributed by atoms with E-state index in [9.17, 15) is 5.11 Å². The van der Waals surface area contributed by atoms with Gasteiger partial charge in [0.15, 0.2) is 0 Å². The highest BCUT2D eigenvalue weighted by Crippen LogP contribution is 2.25. The van der Waals surface area contributed by atoms with E-state index >= 15 is 0 Å². The molecule has 0 aliphatic heterocycles. The zero-order valence-corrected chi connectivity index (χ0v) is 14.1. The average Bonchev–Trinajstić information content (AvgIpc) is 2.65. The van der Waals surface area contributed by atoms with E-state index in [0.29, 0.717) is 12.8 Å². The number of nitrogens with zero attached hydrogens (tertiary/aromatic N) is 2. The fourth-order valence-corrected chi connectivity index (χ4v) is 2.88. The Morgan fingerprint density at radius 2 is 2.05 bits per heavy atom. The van der Waals surface area contributed by atoms with Crippen LogP contribution in [0.15, 0.2) is 4.47 Å². The van der Waals surface area contributed by atoms with Crippen LogP contribution >= 0.6 is 15.9 Å². The van der Waals surface area contributed by atoms with Crippen LogP contribution in [0.25, 0.3) is 0 Å². The van der Waals surface area contributed by atoms with Crippen LogP contribution in [0.2, 0.25) is 0 Å². The molecule has 1 heterocycles. The number of aliphatic hydroxyl groups is 1. The highest BCUT2D eigenvalue weighted by atomic mass is 79.9. The van der Waals surface area contributed by atoms with Gasteiger partial charge < -0.3 is 9.84 Å². The summed E-state index contributed by atoms with van der Waals surface area (Å²) in [4.78, 5) is 0. The number of hydrogen-bond donors (Lipinski definition) is 1. The van der Waals surface area contributed by atoms with Crippen molar-refractivity contribution in [1.29, 1.82) is 0 Å². The number of rotatable bonds is 7. The van der Waals surface area contributed by atoms with Crippen molar-refractivity contribution in [2.45, 2.75) is 65.2 Å². The highest BCUT2D eigenvalue weighted by Gasteiger charge is 2.24. The molecule has 1 atom stereocenters. The normalized spacial score (nSPS) is 13.8. The van der Waals surface area contributed by atoms with Crippen LogP contribution in [0.5, 0.6) is 0 Å². The van der Waals surface area contributed by atoms with Crippen LogP contribution in [-0.2, 0) is 24.1 Å². The van der Waals surface area contributed by atoms with Crippen LogP contribution in [0, 0.1) is 0 Å². The molecule has 0 amide bonds. The quantitative estimate of drug-likeness (QED) is 0.835. The molecule has 0 fully saturated rings. The van der Waals surface area contributed by atoms with Crippen molar-refractivity contribution < 1.29 is 9.84 Å². The molecular formula is C14H25BrN2O2. The Morgan fingerprint density at radius 3 is 2.53 bits per heavy atom. The highest BCUT2D eigenvalue weighted by molar-refractivity contribution is 9.10. The number of aromatic nitrogens is 2. The van der Waals surface area contributed by atoms with Crippen LogP contribution in [0.3, 0.4) is 0 Å². The number of aliphatic hydroxyl groups excluding tert-OH is 1. The van der Waals surface area contributed by atoms with Gasteiger partial charge in [-0.25, -0.2) is 0 Å². The van der Waals surface area contributed by atoms with Gasteiger partial charge in [0.25, 0.3) is 0 Å². The third kappa shape index (κ3) is 4.29. The minimum Gasteiger partial charge on any atom is -0.393 e. The molecule has 1 aromatic rings. The van der Waals surface area contributed by atoms with E-state index in [1.165, 1.54) is 0 Å². The first-order valence-electron chi connectivity index (χ1n) is 6.81. The average molecular weight is 333 g/mol. The summed E-state index contributed by atoms with van der Waals surface area (Å²) in [5.41, 5.74) is 1.81. The Morgan fingerprint density at radius 1 is 1.42 bits per heavy atom. The Hall–Kier alpha value is -0.390. The van der Waals surface area contributed by atoms with Crippen molar-refractivity contribution in [3.63, 3.8) is 0 Å². The molecule has 1 unspecified atom stereocenters. The van der Waals surface area contributed by atoms with Gasteiger partial charge in [0.2, 0.25) is 0 Å². The van der Waals surface area contributed by atoms with Gasteiger partial charge in [0, 0.05) is 26.5 Å². The molecule has 1 aromatic heterocycles. The second-order valence-corrected chi connectivity index (χ2v) is 6.20. The maximum atomic E-state index is 10.3. The third-order valence-electron chi connectivity index (χ3n) is 3.40. The van der Waals surface area contributed by atoms with Crippen molar-refractivity contribution in [2.24, 2.45) is 0 Å². The molecule has 0 radical (unpaired) electrons. The summed E-state index contributed by atoms with van der Waals surface area (Å²) in [6, 6.07) is 0. The second kappa shape index (κ2) is 6.86. The number of hydrogen-bond acceptors (Lipinski definition) is 3. The van der Waals surface area contributed by atoms with Crippen molar-refractivity contribution in [1.82, 2.24) is 9.78 Å². The van der Waals surface area contributed by atoms with Gasteiger partial charge in [-0.15, -0.1) is 0 Å². The fourth-order valence-electron chi connectivity index (χ4n) is 2.16. The van der Waals surface area contributed by atoms with Gasteiger partial charge in [-0.1, -0.05) is 6.92 Å². The summed E-state index contributed by atoms with van der Waals surface area (Å²) in [6.07, 6.45) is 1.65. The smallest absolute Gasteiger partial charge is 0.0766 e. The summed E-state index contributed by atoms with van der Waals surface area (Å²) in [5, 5.41) is 14.8. The predicted molar refractivity (Wildman–Crippen MR) is 80.4 cm³/mol. The molecule has 0 bridgehead atoms. The Bertz CT molecular complexity index is 416. The maximum Gasteiger partial charge on any atom is 0.0766 e. The lowest BCUT2D eigenvalue weighted by molar-refractivity contribution is -0.0194. The van der Waals surface area contributed by atoms with Crippen LogP contribution < -0.4 is 0 Å². The molecule has 0 saturated heterocycles. The summed E-state index contributed by atoms with van der Waals surface area (Å²) >= 11 is 3.60. The third-order valence-corrected chi connectivity index (χ3v) is 4.32.